The van der Waals surface area contributed by atoms with E-state index in [1.807, 2.05) is 0 Å². The number of nitro groups is 1. The zero-order chi connectivity index (χ0) is 20.1. The van der Waals surface area contributed by atoms with Gasteiger partial charge in [0.1, 0.15) is 34.4 Å². The summed E-state index contributed by atoms with van der Waals surface area (Å²) < 4.78 is 10.6. The van der Waals surface area contributed by atoms with Crippen LogP contribution in [-0.4, -0.2) is 28.1 Å². The van der Waals surface area contributed by atoms with Crippen molar-refractivity contribution in [2.45, 2.75) is 0 Å². The number of carbonyl (C=O) groups is 1. The quantitative estimate of drug-likeness (QED) is 0.289. The first-order chi connectivity index (χ1) is 13.5. The van der Waals surface area contributed by atoms with Gasteiger partial charge in [-0.05, 0) is 24.3 Å². The fourth-order valence-electron chi connectivity index (χ4n) is 2.26. The number of aromatic nitrogens is 2. The molecule has 0 saturated carbocycles. The van der Waals surface area contributed by atoms with E-state index >= 15 is 0 Å². The van der Waals surface area contributed by atoms with E-state index in [1.165, 1.54) is 43.0 Å². The molecule has 0 unspecified atom stereocenters. The summed E-state index contributed by atoms with van der Waals surface area (Å²) in [6.07, 6.45) is 1.23. The van der Waals surface area contributed by atoms with Gasteiger partial charge in [0.15, 0.2) is 0 Å². The molecule has 1 amide bonds. The minimum Gasteiger partial charge on any atom is -0.497 e. The van der Waals surface area contributed by atoms with E-state index < -0.39 is 10.8 Å². The Bertz CT molecular complexity index is 1100. The number of carbonyl (C=O) groups excluding carboxylic acids is 1. The monoisotopic (exact) mass is 397 g/mol. The second-order valence-electron chi connectivity index (χ2n) is 5.21. The van der Waals surface area contributed by atoms with Crippen molar-refractivity contribution in [1.29, 1.82) is 5.26 Å². The molecular weight excluding hydrogens is 386 g/mol. The summed E-state index contributed by atoms with van der Waals surface area (Å²) in [6.45, 7) is 0. The maximum absolute atomic E-state index is 12.1. The first kappa shape index (κ1) is 18.7. The van der Waals surface area contributed by atoms with Gasteiger partial charge in [0.2, 0.25) is 5.13 Å². The van der Waals surface area contributed by atoms with Crippen molar-refractivity contribution < 1.29 is 18.9 Å². The topological polar surface area (TPSA) is 144 Å². The van der Waals surface area contributed by atoms with Crippen molar-refractivity contribution in [3.8, 4) is 23.1 Å². The molecule has 2 heterocycles. The second kappa shape index (κ2) is 8.11. The number of furan rings is 1. The number of hydrogen-bond acceptors (Lipinski definition) is 9. The molecule has 3 rings (SSSR count). The molecule has 11 heteroatoms. The number of methoxy groups -OCH3 is 1. The van der Waals surface area contributed by atoms with Gasteiger partial charge in [-0.15, -0.1) is 10.2 Å². The van der Waals surface area contributed by atoms with Crippen LogP contribution in [0.1, 0.15) is 5.76 Å². The number of nitrogens with zero attached hydrogens (tertiary/aromatic N) is 4. The van der Waals surface area contributed by atoms with Gasteiger partial charge in [0.05, 0.1) is 23.7 Å². The van der Waals surface area contributed by atoms with Gasteiger partial charge >= 0.3 is 0 Å². The van der Waals surface area contributed by atoms with E-state index in [0.29, 0.717) is 5.75 Å². The van der Waals surface area contributed by atoms with Crippen molar-refractivity contribution >= 4 is 34.1 Å². The van der Waals surface area contributed by atoms with Crippen molar-refractivity contribution in [1.82, 2.24) is 10.2 Å². The van der Waals surface area contributed by atoms with Gasteiger partial charge in [0, 0.05) is 6.08 Å². The summed E-state index contributed by atoms with van der Waals surface area (Å²) in [6, 6.07) is 9.13. The molecule has 10 nitrogen and oxygen atoms in total. The molecule has 1 aromatic carbocycles. The summed E-state index contributed by atoms with van der Waals surface area (Å²) in [4.78, 5) is 22.9. The first-order valence-corrected chi connectivity index (χ1v) is 8.51. The van der Waals surface area contributed by atoms with Crippen LogP contribution >= 0.6 is 11.3 Å². The average Bonchev–Trinajstić information content (AvgIpc) is 3.37. The lowest BCUT2D eigenvalue weighted by atomic mass is 10.1. The lowest BCUT2D eigenvalue weighted by Crippen LogP contribution is -2.13. The predicted octanol–water partition coefficient (Wildman–Crippen LogP) is 3.26. The number of nitro benzene ring substituents is 1. The van der Waals surface area contributed by atoms with Gasteiger partial charge in [-0.25, -0.2) is 0 Å². The fourth-order valence-corrected chi connectivity index (χ4v) is 2.70. The number of benzene rings is 1. The highest BCUT2D eigenvalue weighted by Gasteiger charge is 2.20. The number of rotatable bonds is 6. The van der Waals surface area contributed by atoms with Crippen LogP contribution in [0, 0.1) is 21.4 Å². The minimum absolute atomic E-state index is 0.184. The van der Waals surface area contributed by atoms with E-state index in [0.717, 1.165) is 11.3 Å². The Hall–Kier alpha value is -4.04. The Morgan fingerprint density at radius 3 is 2.89 bits per heavy atom. The van der Waals surface area contributed by atoms with Crippen molar-refractivity contribution in [2.24, 2.45) is 0 Å². The van der Waals surface area contributed by atoms with Crippen LogP contribution in [0.5, 0.6) is 5.75 Å². The maximum atomic E-state index is 12.1. The van der Waals surface area contributed by atoms with Crippen LogP contribution in [-0.2, 0) is 4.79 Å². The Morgan fingerprint density at radius 1 is 1.43 bits per heavy atom. The molecule has 0 aliphatic carbocycles. The van der Waals surface area contributed by atoms with E-state index in [2.05, 4.69) is 15.5 Å². The molecule has 0 aliphatic heterocycles. The number of nitriles is 1. The van der Waals surface area contributed by atoms with E-state index in [4.69, 9.17) is 9.15 Å². The van der Waals surface area contributed by atoms with Gasteiger partial charge in [-0.3, -0.25) is 20.2 Å². The van der Waals surface area contributed by atoms with Crippen LogP contribution in [0.15, 0.2) is 45.8 Å². The van der Waals surface area contributed by atoms with E-state index in [9.17, 15) is 20.2 Å². The molecule has 0 bridgehead atoms. The molecule has 0 aliphatic rings. The van der Waals surface area contributed by atoms with Crippen molar-refractivity contribution in [3.63, 3.8) is 0 Å². The number of amides is 1. The fraction of sp³-hybridized carbons (Fsp3) is 0.0588. The summed E-state index contributed by atoms with van der Waals surface area (Å²) in [5.74, 6) is 0.0568. The number of nitrogens with one attached hydrogen (secondary N) is 1. The van der Waals surface area contributed by atoms with Gasteiger partial charge < -0.3 is 9.15 Å². The predicted molar refractivity (Wildman–Crippen MR) is 99.5 cm³/mol. The highest BCUT2D eigenvalue weighted by Crippen LogP contribution is 2.34. The Kier molecular flexibility index (Phi) is 5.43. The van der Waals surface area contributed by atoms with Gasteiger partial charge in [0.25, 0.3) is 11.6 Å². The molecule has 140 valence electrons. The molecular formula is C17H11N5O5S. The lowest BCUT2D eigenvalue weighted by Gasteiger charge is -2.03. The maximum Gasteiger partial charge on any atom is 0.284 e. The number of ether oxygens (including phenoxy) is 1. The Morgan fingerprint density at radius 2 is 2.25 bits per heavy atom. The first-order valence-electron chi connectivity index (χ1n) is 7.63. The molecule has 0 atom stereocenters. The number of hydrogen-bond donors (Lipinski definition) is 1. The largest absolute Gasteiger partial charge is 0.497 e. The summed E-state index contributed by atoms with van der Waals surface area (Å²) in [5.41, 5.74) is 1.26. The Labute approximate surface area is 161 Å². The summed E-state index contributed by atoms with van der Waals surface area (Å²) >= 11 is 1.11. The van der Waals surface area contributed by atoms with Crippen LogP contribution in [0.25, 0.3) is 17.4 Å². The molecule has 0 radical (unpaired) electrons. The van der Waals surface area contributed by atoms with E-state index in [-0.39, 0.29) is 33.5 Å². The van der Waals surface area contributed by atoms with Crippen LogP contribution in [0.3, 0.4) is 0 Å². The smallest absolute Gasteiger partial charge is 0.284 e. The SMILES string of the molecule is COc1ccc(-c2ccc(/C=C(/C#N)C(=O)Nc3nncs3)o2)c([N+](=O)[O-])c1. The highest BCUT2D eigenvalue weighted by atomic mass is 32.1. The second-order valence-corrected chi connectivity index (χ2v) is 6.04. The molecule has 1 N–H and O–H groups in total. The molecule has 28 heavy (non-hydrogen) atoms. The molecule has 0 saturated heterocycles. The summed E-state index contributed by atoms with van der Waals surface area (Å²) in [7, 11) is 1.41. The van der Waals surface area contributed by atoms with E-state index in [1.54, 1.807) is 12.1 Å². The standard InChI is InChI=1S/C17H11N5O5S/c1-26-11-2-4-13(14(7-11)22(24)25)15-5-3-12(27-15)6-10(8-18)16(23)20-17-21-19-9-28-17/h2-7,9H,1H3,(H,20,21,23)/b10-6-. The minimum atomic E-state index is -0.673. The van der Waals surface area contributed by atoms with Crippen molar-refractivity contribution in [3.05, 3.63) is 57.3 Å². The average molecular weight is 397 g/mol. The zero-order valence-corrected chi connectivity index (χ0v) is 15.1. The summed E-state index contributed by atoms with van der Waals surface area (Å²) in [5, 5.41) is 30.5. The Balaban J connectivity index is 1.89. The third-order valence-corrected chi connectivity index (χ3v) is 4.13. The zero-order valence-electron chi connectivity index (χ0n) is 14.3. The number of anilines is 1. The molecule has 0 spiro atoms. The normalized spacial score (nSPS) is 10.9. The lowest BCUT2D eigenvalue weighted by molar-refractivity contribution is -0.384. The molecule has 3 aromatic rings. The third-order valence-electron chi connectivity index (χ3n) is 3.53. The van der Waals surface area contributed by atoms with Crippen molar-refractivity contribution in [2.75, 3.05) is 12.4 Å². The van der Waals surface area contributed by atoms with Crippen LogP contribution in [0.4, 0.5) is 10.8 Å². The van der Waals surface area contributed by atoms with Gasteiger partial charge in [-0.2, -0.15) is 5.26 Å². The third kappa shape index (κ3) is 4.02. The highest BCUT2D eigenvalue weighted by molar-refractivity contribution is 7.13. The molecule has 2 aromatic heterocycles. The van der Waals surface area contributed by atoms with Crippen LogP contribution < -0.4 is 10.1 Å². The van der Waals surface area contributed by atoms with Crippen LogP contribution in [0.2, 0.25) is 0 Å². The molecule has 0 fully saturated rings. The van der Waals surface area contributed by atoms with Gasteiger partial charge in [-0.1, -0.05) is 11.3 Å².